The Hall–Kier alpha value is -2.46. The Morgan fingerprint density at radius 3 is 1.76 bits per heavy atom. The van der Waals surface area contributed by atoms with E-state index in [2.05, 4.69) is 121 Å². The number of hydrogen-bond acceptors (Lipinski definition) is 3. The molecule has 0 aliphatic carbocycles. The normalized spacial score (nSPS) is 15.6. The number of piperazine rings is 1. The lowest BCUT2D eigenvalue weighted by Crippen LogP contribution is -2.47. The summed E-state index contributed by atoms with van der Waals surface area (Å²) in [6, 6.07) is 31.0. The molecule has 1 aliphatic rings. The third-order valence-corrected chi connectivity index (χ3v) is 7.05. The molecule has 0 saturated carbocycles. The quantitative estimate of drug-likeness (QED) is 0.428. The van der Waals surface area contributed by atoms with Crippen molar-refractivity contribution in [2.75, 3.05) is 45.8 Å². The van der Waals surface area contributed by atoms with Crippen LogP contribution in [0.15, 0.2) is 84.9 Å². The van der Waals surface area contributed by atoms with Crippen molar-refractivity contribution in [3.63, 3.8) is 0 Å². The summed E-state index contributed by atoms with van der Waals surface area (Å²) in [4.78, 5) is 5.20. The third kappa shape index (κ3) is 7.02. The van der Waals surface area contributed by atoms with E-state index in [-0.39, 0.29) is 5.41 Å². The van der Waals surface area contributed by atoms with Crippen molar-refractivity contribution in [1.82, 2.24) is 15.1 Å². The van der Waals surface area contributed by atoms with Gasteiger partial charge in [-0.25, -0.2) is 0 Å². The molecule has 1 aliphatic heterocycles. The number of rotatable bonds is 9. The zero-order chi connectivity index (χ0) is 23.8. The van der Waals surface area contributed by atoms with Crippen LogP contribution in [0.2, 0.25) is 0 Å². The Morgan fingerprint density at radius 1 is 0.706 bits per heavy atom. The van der Waals surface area contributed by atoms with Gasteiger partial charge in [0.05, 0.1) is 0 Å². The lowest BCUT2D eigenvalue weighted by Gasteiger charge is -2.35. The average molecular weight is 456 g/mol. The van der Waals surface area contributed by atoms with Crippen molar-refractivity contribution in [3.8, 4) is 0 Å². The van der Waals surface area contributed by atoms with Crippen LogP contribution in [-0.2, 0) is 12.0 Å². The van der Waals surface area contributed by atoms with Crippen LogP contribution in [-0.4, -0.2) is 55.6 Å². The lowest BCUT2D eigenvalue weighted by molar-refractivity contribution is 0.128. The largest absolute Gasteiger partial charge is 0.315 e. The molecule has 0 atom stereocenters. The first-order chi connectivity index (χ1) is 16.5. The maximum absolute atomic E-state index is 3.74. The first-order valence-corrected chi connectivity index (χ1v) is 12.8. The molecule has 1 saturated heterocycles. The molecule has 0 amide bonds. The molecule has 1 heterocycles. The fraction of sp³-hybridized carbons (Fsp3) is 0.419. The van der Waals surface area contributed by atoms with Crippen LogP contribution in [0.25, 0.3) is 0 Å². The summed E-state index contributed by atoms with van der Waals surface area (Å²) in [5.41, 5.74) is 5.82. The summed E-state index contributed by atoms with van der Waals surface area (Å²) in [5.74, 6) is 0.393. The molecule has 180 valence electrons. The molecule has 1 fully saturated rings. The van der Waals surface area contributed by atoms with Crippen LogP contribution in [0.5, 0.6) is 0 Å². The van der Waals surface area contributed by atoms with Gasteiger partial charge in [-0.3, -0.25) is 9.80 Å². The molecule has 0 radical (unpaired) electrons. The summed E-state index contributed by atoms with van der Waals surface area (Å²) in [5, 5.41) is 3.74. The highest BCUT2D eigenvalue weighted by molar-refractivity contribution is 5.32. The average Bonchev–Trinajstić information content (AvgIpc) is 2.86. The van der Waals surface area contributed by atoms with Crippen molar-refractivity contribution < 1.29 is 0 Å². The molecule has 34 heavy (non-hydrogen) atoms. The summed E-state index contributed by atoms with van der Waals surface area (Å²) < 4.78 is 0. The minimum atomic E-state index is 0.223. The lowest BCUT2D eigenvalue weighted by atomic mass is 9.87. The van der Waals surface area contributed by atoms with Crippen LogP contribution in [0, 0.1) is 0 Å². The predicted molar refractivity (Wildman–Crippen MR) is 144 cm³/mol. The summed E-state index contributed by atoms with van der Waals surface area (Å²) in [6.07, 6.45) is 0. The Morgan fingerprint density at radius 2 is 1.24 bits per heavy atom. The molecule has 0 spiro atoms. The number of benzene rings is 3. The molecule has 4 rings (SSSR count). The zero-order valence-corrected chi connectivity index (χ0v) is 21.2. The van der Waals surface area contributed by atoms with E-state index >= 15 is 0 Å². The minimum Gasteiger partial charge on any atom is -0.315 e. The molecule has 0 aromatic heterocycles. The van der Waals surface area contributed by atoms with Crippen molar-refractivity contribution in [1.29, 1.82) is 0 Å². The maximum Gasteiger partial charge on any atom is 0.0234 e. The van der Waals surface area contributed by atoms with Gasteiger partial charge in [-0.05, 0) is 27.7 Å². The Bertz CT molecular complexity index is 929. The predicted octanol–water partition coefficient (Wildman–Crippen LogP) is 5.52. The highest BCUT2D eigenvalue weighted by atomic mass is 15.3. The third-order valence-electron chi connectivity index (χ3n) is 7.05. The fourth-order valence-corrected chi connectivity index (χ4v) is 4.82. The standard InChI is InChI=1S/C31H41N3/c1-31(2,3)29-16-14-26(15-17-29)25-34-22-20-33(21-23-34)19-18-32-24-30(27-10-6-4-7-11-27)28-12-8-5-9-13-28/h4-17,30,32H,18-25H2,1-3H3. The molecule has 3 aromatic carbocycles. The monoisotopic (exact) mass is 455 g/mol. The van der Waals surface area contributed by atoms with E-state index in [1.54, 1.807) is 0 Å². The topological polar surface area (TPSA) is 18.5 Å². The van der Waals surface area contributed by atoms with Gasteiger partial charge in [-0.15, -0.1) is 0 Å². The van der Waals surface area contributed by atoms with E-state index in [0.29, 0.717) is 5.92 Å². The molecular formula is C31H41N3. The Balaban J connectivity index is 1.20. The van der Waals surface area contributed by atoms with Crippen LogP contribution in [0.1, 0.15) is 48.9 Å². The van der Waals surface area contributed by atoms with E-state index in [1.165, 1.54) is 22.3 Å². The van der Waals surface area contributed by atoms with E-state index in [4.69, 9.17) is 0 Å². The van der Waals surface area contributed by atoms with Gasteiger partial charge in [0, 0.05) is 58.3 Å². The van der Waals surface area contributed by atoms with Gasteiger partial charge in [0.15, 0.2) is 0 Å². The van der Waals surface area contributed by atoms with Crippen molar-refractivity contribution >= 4 is 0 Å². The fourth-order valence-electron chi connectivity index (χ4n) is 4.82. The smallest absolute Gasteiger partial charge is 0.0234 e. The zero-order valence-electron chi connectivity index (χ0n) is 21.2. The van der Waals surface area contributed by atoms with Crippen LogP contribution in [0.4, 0.5) is 0 Å². The molecule has 1 N–H and O–H groups in total. The van der Waals surface area contributed by atoms with Crippen LogP contribution >= 0.6 is 0 Å². The second-order valence-corrected chi connectivity index (χ2v) is 10.6. The van der Waals surface area contributed by atoms with Gasteiger partial charge in [0.2, 0.25) is 0 Å². The molecule has 0 unspecified atom stereocenters. The number of nitrogens with one attached hydrogen (secondary N) is 1. The SMILES string of the molecule is CC(C)(C)c1ccc(CN2CCN(CCNCC(c3ccccc3)c3ccccc3)CC2)cc1. The molecule has 3 aromatic rings. The van der Waals surface area contributed by atoms with Gasteiger partial charge in [0.1, 0.15) is 0 Å². The number of hydrogen-bond donors (Lipinski definition) is 1. The summed E-state index contributed by atoms with van der Waals surface area (Å²) >= 11 is 0. The summed E-state index contributed by atoms with van der Waals surface area (Å²) in [7, 11) is 0. The van der Waals surface area contributed by atoms with E-state index in [0.717, 1.165) is 52.4 Å². The first-order valence-electron chi connectivity index (χ1n) is 12.8. The van der Waals surface area contributed by atoms with Gasteiger partial charge in [-0.2, -0.15) is 0 Å². The number of nitrogens with zero attached hydrogens (tertiary/aromatic N) is 2. The van der Waals surface area contributed by atoms with Crippen molar-refractivity contribution in [3.05, 3.63) is 107 Å². The van der Waals surface area contributed by atoms with Gasteiger partial charge in [-0.1, -0.05) is 106 Å². The van der Waals surface area contributed by atoms with Crippen molar-refractivity contribution in [2.45, 2.75) is 38.6 Å². The van der Waals surface area contributed by atoms with Crippen molar-refractivity contribution in [2.24, 2.45) is 0 Å². The van der Waals surface area contributed by atoms with Gasteiger partial charge < -0.3 is 5.32 Å². The first kappa shape index (κ1) is 24.7. The van der Waals surface area contributed by atoms with E-state index in [1.807, 2.05) is 0 Å². The van der Waals surface area contributed by atoms with Crippen LogP contribution < -0.4 is 5.32 Å². The highest BCUT2D eigenvalue weighted by Gasteiger charge is 2.18. The Labute approximate surface area is 206 Å². The molecule has 3 heteroatoms. The highest BCUT2D eigenvalue weighted by Crippen LogP contribution is 2.24. The van der Waals surface area contributed by atoms with Gasteiger partial charge >= 0.3 is 0 Å². The van der Waals surface area contributed by atoms with E-state index < -0.39 is 0 Å². The van der Waals surface area contributed by atoms with Crippen LogP contribution in [0.3, 0.4) is 0 Å². The molecule has 0 bridgehead atoms. The molecule has 3 nitrogen and oxygen atoms in total. The molecular weight excluding hydrogens is 414 g/mol. The maximum atomic E-state index is 3.74. The second-order valence-electron chi connectivity index (χ2n) is 10.6. The van der Waals surface area contributed by atoms with Gasteiger partial charge in [0.25, 0.3) is 0 Å². The van der Waals surface area contributed by atoms with E-state index in [9.17, 15) is 0 Å². The minimum absolute atomic E-state index is 0.223. The Kier molecular flexibility index (Phi) is 8.55. The summed E-state index contributed by atoms with van der Waals surface area (Å²) in [6.45, 7) is 15.6. The second kappa shape index (κ2) is 11.8.